The van der Waals surface area contributed by atoms with Gasteiger partial charge in [-0.2, -0.15) is 0 Å². The fourth-order valence-corrected chi connectivity index (χ4v) is 2.07. The van der Waals surface area contributed by atoms with Gasteiger partial charge in [0.25, 0.3) is 0 Å². The second-order valence-corrected chi connectivity index (χ2v) is 4.62. The highest BCUT2D eigenvalue weighted by molar-refractivity contribution is 5.44. The van der Waals surface area contributed by atoms with Crippen LogP contribution >= 0.6 is 0 Å². The number of rotatable bonds is 3. The topological polar surface area (TPSA) is 35.2 Å². The lowest BCUT2D eigenvalue weighted by atomic mass is 9.77. The summed E-state index contributed by atoms with van der Waals surface area (Å²) in [6, 6.07) is 8.10. The minimum absolute atomic E-state index is 0.0499. The van der Waals surface area contributed by atoms with Gasteiger partial charge in [0, 0.05) is 11.1 Å². The van der Waals surface area contributed by atoms with Crippen molar-refractivity contribution in [1.29, 1.82) is 0 Å². The lowest BCUT2D eigenvalue weighted by Gasteiger charge is -2.28. The number of nitrogens with two attached hydrogens (primary N) is 1. The summed E-state index contributed by atoms with van der Waals surface area (Å²) >= 11 is 0. The molecule has 1 unspecified atom stereocenters. The SMILES string of the molecule is CCOC1=CCC(C)(c2ccc(N)cc2)C=C1. The van der Waals surface area contributed by atoms with Crippen LogP contribution in [-0.2, 0) is 10.2 Å². The van der Waals surface area contributed by atoms with Gasteiger partial charge < -0.3 is 10.5 Å². The van der Waals surface area contributed by atoms with Crippen LogP contribution in [0.15, 0.2) is 48.3 Å². The molecule has 0 saturated heterocycles. The Labute approximate surface area is 103 Å². The second kappa shape index (κ2) is 4.66. The molecule has 1 aliphatic carbocycles. The van der Waals surface area contributed by atoms with E-state index in [1.54, 1.807) is 0 Å². The molecule has 2 rings (SSSR count). The molecule has 1 aromatic rings. The zero-order chi connectivity index (χ0) is 12.3. The molecule has 1 atom stereocenters. The Morgan fingerprint density at radius 3 is 2.53 bits per heavy atom. The monoisotopic (exact) mass is 229 g/mol. The highest BCUT2D eigenvalue weighted by atomic mass is 16.5. The zero-order valence-corrected chi connectivity index (χ0v) is 10.4. The summed E-state index contributed by atoms with van der Waals surface area (Å²) in [4.78, 5) is 0. The molecule has 0 amide bonds. The Kier molecular flexibility index (Phi) is 3.23. The van der Waals surface area contributed by atoms with E-state index < -0.39 is 0 Å². The van der Waals surface area contributed by atoms with Crippen LogP contribution in [0.1, 0.15) is 25.8 Å². The summed E-state index contributed by atoms with van der Waals surface area (Å²) in [6.07, 6.45) is 7.38. The van der Waals surface area contributed by atoms with E-state index in [1.165, 1.54) is 5.56 Å². The number of nitrogen functional groups attached to an aromatic ring is 1. The first kappa shape index (κ1) is 11.8. The summed E-state index contributed by atoms with van der Waals surface area (Å²) in [5.74, 6) is 0.973. The van der Waals surface area contributed by atoms with Crippen LogP contribution in [0.25, 0.3) is 0 Å². The molecular formula is C15H19NO. The molecule has 0 fully saturated rings. The van der Waals surface area contributed by atoms with Gasteiger partial charge in [0.1, 0.15) is 5.76 Å². The van der Waals surface area contributed by atoms with Gasteiger partial charge in [-0.25, -0.2) is 0 Å². The Morgan fingerprint density at radius 1 is 1.29 bits per heavy atom. The summed E-state index contributed by atoms with van der Waals surface area (Å²) in [7, 11) is 0. The predicted molar refractivity (Wildman–Crippen MR) is 71.7 cm³/mol. The fourth-order valence-electron chi connectivity index (χ4n) is 2.07. The molecule has 1 aromatic carbocycles. The van der Waals surface area contributed by atoms with E-state index >= 15 is 0 Å². The largest absolute Gasteiger partial charge is 0.494 e. The Balaban J connectivity index is 2.18. The number of benzene rings is 1. The molecule has 0 radical (unpaired) electrons. The van der Waals surface area contributed by atoms with Crippen molar-refractivity contribution in [2.24, 2.45) is 0 Å². The lowest BCUT2D eigenvalue weighted by molar-refractivity contribution is 0.238. The maximum atomic E-state index is 5.71. The zero-order valence-electron chi connectivity index (χ0n) is 10.4. The van der Waals surface area contributed by atoms with E-state index in [0.717, 1.165) is 24.5 Å². The van der Waals surface area contributed by atoms with E-state index in [9.17, 15) is 0 Å². The lowest BCUT2D eigenvalue weighted by Crippen LogP contribution is -2.20. The molecule has 90 valence electrons. The molecule has 2 heteroatoms. The van der Waals surface area contributed by atoms with Crippen LogP contribution in [0.3, 0.4) is 0 Å². The minimum atomic E-state index is 0.0499. The van der Waals surface area contributed by atoms with E-state index in [4.69, 9.17) is 10.5 Å². The van der Waals surface area contributed by atoms with Gasteiger partial charge in [0.15, 0.2) is 0 Å². The van der Waals surface area contributed by atoms with Gasteiger partial charge in [-0.1, -0.05) is 25.1 Å². The molecule has 1 aliphatic rings. The molecule has 0 aliphatic heterocycles. The van der Waals surface area contributed by atoms with Gasteiger partial charge in [-0.05, 0) is 43.2 Å². The number of ether oxygens (including phenoxy) is 1. The molecule has 0 spiro atoms. The molecule has 0 bridgehead atoms. The highest BCUT2D eigenvalue weighted by Crippen LogP contribution is 2.34. The first-order valence-electron chi connectivity index (χ1n) is 6.02. The Morgan fingerprint density at radius 2 is 2.00 bits per heavy atom. The standard InChI is InChI=1S/C15H19NO/c1-3-17-14-8-10-15(2,11-9-14)12-4-6-13(16)7-5-12/h4-10H,3,11,16H2,1-2H3. The van der Waals surface area contributed by atoms with Crippen LogP contribution in [0.4, 0.5) is 5.69 Å². The van der Waals surface area contributed by atoms with Gasteiger partial charge in [0.05, 0.1) is 6.61 Å². The van der Waals surface area contributed by atoms with Crippen LogP contribution in [0.2, 0.25) is 0 Å². The van der Waals surface area contributed by atoms with Crippen molar-refractivity contribution in [2.75, 3.05) is 12.3 Å². The fraction of sp³-hybridized carbons (Fsp3) is 0.333. The predicted octanol–water partition coefficient (Wildman–Crippen LogP) is 3.41. The summed E-state index contributed by atoms with van der Waals surface area (Å²) < 4.78 is 5.49. The Hall–Kier alpha value is -1.70. The molecule has 0 aromatic heterocycles. The minimum Gasteiger partial charge on any atom is -0.494 e. The number of anilines is 1. The van der Waals surface area contributed by atoms with Gasteiger partial charge >= 0.3 is 0 Å². The van der Waals surface area contributed by atoms with Crippen molar-refractivity contribution >= 4 is 5.69 Å². The third kappa shape index (κ3) is 2.52. The quantitative estimate of drug-likeness (QED) is 0.806. The average Bonchev–Trinajstić information content (AvgIpc) is 2.33. The van der Waals surface area contributed by atoms with Crippen LogP contribution in [0.5, 0.6) is 0 Å². The van der Waals surface area contributed by atoms with Crippen LogP contribution in [-0.4, -0.2) is 6.61 Å². The van der Waals surface area contributed by atoms with E-state index in [-0.39, 0.29) is 5.41 Å². The van der Waals surface area contributed by atoms with Crippen LogP contribution in [0, 0.1) is 0 Å². The van der Waals surface area contributed by atoms with Crippen LogP contribution < -0.4 is 5.73 Å². The van der Waals surface area contributed by atoms with E-state index in [2.05, 4.69) is 37.3 Å². The highest BCUT2D eigenvalue weighted by Gasteiger charge is 2.24. The summed E-state index contributed by atoms with van der Waals surface area (Å²) in [5.41, 5.74) is 7.86. The van der Waals surface area contributed by atoms with Crippen molar-refractivity contribution < 1.29 is 4.74 Å². The second-order valence-electron chi connectivity index (χ2n) is 4.62. The summed E-state index contributed by atoms with van der Waals surface area (Å²) in [6.45, 7) is 4.95. The third-order valence-electron chi connectivity index (χ3n) is 3.22. The molecular weight excluding hydrogens is 210 g/mol. The third-order valence-corrected chi connectivity index (χ3v) is 3.22. The number of hydrogen-bond acceptors (Lipinski definition) is 2. The number of hydrogen-bond donors (Lipinski definition) is 1. The smallest absolute Gasteiger partial charge is 0.115 e. The van der Waals surface area contributed by atoms with Crippen molar-refractivity contribution in [1.82, 2.24) is 0 Å². The van der Waals surface area contributed by atoms with Gasteiger partial charge in [0.2, 0.25) is 0 Å². The van der Waals surface area contributed by atoms with Crippen molar-refractivity contribution in [2.45, 2.75) is 25.7 Å². The molecule has 0 saturated carbocycles. The Bertz CT molecular complexity index is 444. The normalized spacial score (nSPS) is 23.3. The maximum absolute atomic E-state index is 5.71. The molecule has 2 N–H and O–H groups in total. The van der Waals surface area contributed by atoms with E-state index in [0.29, 0.717) is 0 Å². The van der Waals surface area contributed by atoms with Gasteiger partial charge in [-0.15, -0.1) is 0 Å². The van der Waals surface area contributed by atoms with Gasteiger partial charge in [-0.3, -0.25) is 0 Å². The van der Waals surface area contributed by atoms with Crippen molar-refractivity contribution in [3.05, 3.63) is 53.8 Å². The summed E-state index contributed by atoms with van der Waals surface area (Å²) in [5, 5.41) is 0. The van der Waals surface area contributed by atoms with Crippen molar-refractivity contribution in [3.63, 3.8) is 0 Å². The first-order chi connectivity index (χ1) is 8.14. The van der Waals surface area contributed by atoms with E-state index in [1.807, 2.05) is 19.1 Å². The molecule has 17 heavy (non-hydrogen) atoms. The first-order valence-corrected chi connectivity index (χ1v) is 6.02. The number of allylic oxidation sites excluding steroid dienone is 3. The molecule has 2 nitrogen and oxygen atoms in total. The molecule has 0 heterocycles. The maximum Gasteiger partial charge on any atom is 0.115 e. The average molecular weight is 229 g/mol. The van der Waals surface area contributed by atoms with Crippen molar-refractivity contribution in [3.8, 4) is 0 Å².